The SMILES string of the molecule is CCCOc1ccc([C@@H]2[C@@H]3C(=O)N(c4ccc(C(=O)O)cc4)C(=O)[C@H]3ON2c2ccccc2)cc1OCC. The van der Waals surface area contributed by atoms with Crippen LogP contribution in [0.4, 0.5) is 11.4 Å². The van der Waals surface area contributed by atoms with E-state index in [4.69, 9.17) is 14.3 Å². The van der Waals surface area contributed by atoms with E-state index in [1.165, 1.54) is 24.3 Å². The van der Waals surface area contributed by atoms with Crippen LogP contribution in [-0.2, 0) is 14.4 Å². The number of benzene rings is 3. The van der Waals surface area contributed by atoms with E-state index in [9.17, 15) is 19.5 Å². The van der Waals surface area contributed by atoms with Crippen molar-refractivity contribution in [1.82, 2.24) is 0 Å². The number of carbonyl (C=O) groups excluding carboxylic acids is 2. The number of rotatable bonds is 9. The summed E-state index contributed by atoms with van der Waals surface area (Å²) >= 11 is 0. The first-order chi connectivity index (χ1) is 18.4. The first-order valence-corrected chi connectivity index (χ1v) is 12.6. The van der Waals surface area contributed by atoms with Crippen molar-refractivity contribution in [2.45, 2.75) is 32.4 Å². The summed E-state index contributed by atoms with van der Waals surface area (Å²) in [5, 5.41) is 10.8. The fraction of sp³-hybridized carbons (Fsp3) is 0.276. The Hall–Kier alpha value is -4.37. The van der Waals surface area contributed by atoms with Gasteiger partial charge < -0.3 is 14.6 Å². The van der Waals surface area contributed by atoms with Gasteiger partial charge in [-0.25, -0.2) is 14.8 Å². The van der Waals surface area contributed by atoms with Crippen LogP contribution in [0.5, 0.6) is 11.5 Å². The van der Waals surface area contributed by atoms with Gasteiger partial charge in [0.25, 0.3) is 5.91 Å². The molecule has 0 aromatic heterocycles. The molecule has 3 aromatic rings. The average molecular weight is 517 g/mol. The minimum absolute atomic E-state index is 0.0613. The summed E-state index contributed by atoms with van der Waals surface area (Å²) in [5.41, 5.74) is 1.80. The van der Waals surface area contributed by atoms with E-state index in [1.54, 1.807) is 5.06 Å². The number of fused-ring (bicyclic) bond motifs is 1. The van der Waals surface area contributed by atoms with E-state index in [2.05, 4.69) is 0 Å². The van der Waals surface area contributed by atoms with Crippen LogP contribution in [0.25, 0.3) is 0 Å². The van der Waals surface area contributed by atoms with Crippen LogP contribution >= 0.6 is 0 Å². The van der Waals surface area contributed by atoms with Gasteiger partial charge in [0.1, 0.15) is 5.92 Å². The summed E-state index contributed by atoms with van der Waals surface area (Å²) in [6, 6.07) is 19.8. The molecule has 0 radical (unpaired) electrons. The molecule has 2 saturated heterocycles. The van der Waals surface area contributed by atoms with Gasteiger partial charge in [0, 0.05) is 0 Å². The number of amides is 2. The number of ether oxygens (including phenoxy) is 2. The Kier molecular flexibility index (Phi) is 7.02. The number of imide groups is 1. The van der Waals surface area contributed by atoms with E-state index in [1.807, 2.05) is 62.4 Å². The van der Waals surface area contributed by atoms with Gasteiger partial charge in [-0.15, -0.1) is 0 Å². The quantitative estimate of drug-likeness (QED) is 0.411. The zero-order chi connectivity index (χ0) is 26.8. The predicted octanol–water partition coefficient (Wildman–Crippen LogP) is 4.62. The van der Waals surface area contributed by atoms with E-state index < -0.39 is 35.8 Å². The molecule has 9 heteroatoms. The molecule has 0 saturated carbocycles. The largest absolute Gasteiger partial charge is 0.490 e. The molecule has 1 N–H and O–H groups in total. The van der Waals surface area contributed by atoms with Gasteiger partial charge in [-0.1, -0.05) is 31.2 Å². The second-order valence-corrected chi connectivity index (χ2v) is 9.01. The smallest absolute Gasteiger partial charge is 0.335 e. The Morgan fingerprint density at radius 2 is 1.63 bits per heavy atom. The number of anilines is 2. The number of hydrogen-bond acceptors (Lipinski definition) is 7. The Bertz CT molecular complexity index is 1340. The maximum absolute atomic E-state index is 13.8. The number of carboxylic acid groups (broad SMARTS) is 1. The lowest BCUT2D eigenvalue weighted by molar-refractivity contribution is -0.126. The molecule has 3 atom stereocenters. The number of para-hydroxylation sites is 1. The van der Waals surface area contributed by atoms with Gasteiger partial charge in [0.2, 0.25) is 5.91 Å². The lowest BCUT2D eigenvalue weighted by Crippen LogP contribution is -2.37. The molecule has 5 rings (SSSR count). The molecular weight excluding hydrogens is 488 g/mol. The van der Waals surface area contributed by atoms with Crippen LogP contribution in [0.1, 0.15) is 42.2 Å². The van der Waals surface area contributed by atoms with Gasteiger partial charge in [-0.3, -0.25) is 14.4 Å². The van der Waals surface area contributed by atoms with E-state index in [-0.39, 0.29) is 5.56 Å². The highest BCUT2D eigenvalue weighted by Gasteiger charge is 2.60. The molecule has 2 aliphatic rings. The maximum atomic E-state index is 13.8. The number of carbonyl (C=O) groups is 3. The van der Waals surface area contributed by atoms with Crippen LogP contribution in [-0.4, -0.2) is 42.2 Å². The predicted molar refractivity (Wildman–Crippen MR) is 139 cm³/mol. The van der Waals surface area contributed by atoms with Crippen molar-refractivity contribution >= 4 is 29.2 Å². The molecule has 0 aliphatic carbocycles. The highest BCUT2D eigenvalue weighted by molar-refractivity contribution is 6.24. The second kappa shape index (κ2) is 10.5. The Labute approximate surface area is 220 Å². The van der Waals surface area contributed by atoms with Gasteiger partial charge >= 0.3 is 5.97 Å². The van der Waals surface area contributed by atoms with Crippen molar-refractivity contribution in [3.05, 3.63) is 83.9 Å². The van der Waals surface area contributed by atoms with Gasteiger partial charge in [-0.05, 0) is 67.4 Å². The monoisotopic (exact) mass is 516 g/mol. The van der Waals surface area contributed by atoms with E-state index in [0.717, 1.165) is 16.9 Å². The van der Waals surface area contributed by atoms with Gasteiger partial charge in [0.05, 0.1) is 36.2 Å². The summed E-state index contributed by atoms with van der Waals surface area (Å²) in [6.07, 6.45) is -0.201. The number of carboxylic acids is 1. The number of hydroxylamine groups is 1. The van der Waals surface area contributed by atoms with Crippen LogP contribution in [0, 0.1) is 5.92 Å². The lowest BCUT2D eigenvalue weighted by atomic mass is 9.90. The maximum Gasteiger partial charge on any atom is 0.335 e. The molecule has 196 valence electrons. The highest BCUT2D eigenvalue weighted by Crippen LogP contribution is 2.48. The molecule has 0 bridgehead atoms. The third-order valence-electron chi connectivity index (χ3n) is 6.57. The fourth-order valence-corrected chi connectivity index (χ4v) is 4.87. The minimum atomic E-state index is -1.09. The number of aromatic carboxylic acids is 1. The number of hydrogen-bond donors (Lipinski definition) is 1. The van der Waals surface area contributed by atoms with Gasteiger partial charge in [0.15, 0.2) is 17.6 Å². The minimum Gasteiger partial charge on any atom is -0.490 e. The zero-order valence-electron chi connectivity index (χ0n) is 21.1. The second-order valence-electron chi connectivity index (χ2n) is 9.01. The van der Waals surface area contributed by atoms with Crippen molar-refractivity contribution in [2.24, 2.45) is 5.92 Å². The molecule has 3 aromatic carbocycles. The molecule has 2 heterocycles. The van der Waals surface area contributed by atoms with Crippen LogP contribution in [0.3, 0.4) is 0 Å². The first-order valence-electron chi connectivity index (χ1n) is 12.6. The summed E-state index contributed by atoms with van der Waals surface area (Å²) < 4.78 is 11.7. The number of nitrogens with zero attached hydrogens (tertiary/aromatic N) is 2. The van der Waals surface area contributed by atoms with Crippen molar-refractivity contribution in [3.8, 4) is 11.5 Å². The van der Waals surface area contributed by atoms with Gasteiger partial charge in [-0.2, -0.15) is 0 Å². The highest BCUT2D eigenvalue weighted by atomic mass is 16.7. The molecule has 0 spiro atoms. The molecule has 0 unspecified atom stereocenters. The normalized spacial score (nSPS) is 20.5. The van der Waals surface area contributed by atoms with Crippen molar-refractivity contribution in [1.29, 1.82) is 0 Å². The summed E-state index contributed by atoms with van der Waals surface area (Å²) in [4.78, 5) is 45.9. The molecular formula is C29H28N2O7. The Balaban J connectivity index is 1.55. The average Bonchev–Trinajstić information content (AvgIpc) is 3.44. The van der Waals surface area contributed by atoms with Crippen molar-refractivity contribution in [2.75, 3.05) is 23.2 Å². The van der Waals surface area contributed by atoms with Crippen molar-refractivity contribution in [3.63, 3.8) is 0 Å². The third-order valence-corrected chi connectivity index (χ3v) is 6.57. The molecule has 2 amide bonds. The van der Waals surface area contributed by atoms with Crippen LogP contribution < -0.4 is 19.4 Å². The Morgan fingerprint density at radius 3 is 2.29 bits per heavy atom. The van der Waals surface area contributed by atoms with Crippen LogP contribution in [0.2, 0.25) is 0 Å². The van der Waals surface area contributed by atoms with Crippen molar-refractivity contribution < 1.29 is 33.8 Å². The van der Waals surface area contributed by atoms with E-state index >= 15 is 0 Å². The molecule has 2 aliphatic heterocycles. The fourth-order valence-electron chi connectivity index (χ4n) is 4.87. The third kappa shape index (κ3) is 4.45. The lowest BCUT2D eigenvalue weighted by Gasteiger charge is -2.29. The molecule has 2 fully saturated rings. The molecule has 9 nitrogen and oxygen atoms in total. The molecule has 38 heavy (non-hydrogen) atoms. The topological polar surface area (TPSA) is 106 Å². The van der Waals surface area contributed by atoms with Crippen LogP contribution in [0.15, 0.2) is 72.8 Å². The summed E-state index contributed by atoms with van der Waals surface area (Å²) in [7, 11) is 0. The summed E-state index contributed by atoms with van der Waals surface area (Å²) in [6.45, 7) is 4.87. The zero-order valence-corrected chi connectivity index (χ0v) is 21.1. The summed E-state index contributed by atoms with van der Waals surface area (Å²) in [5.74, 6) is -1.69. The Morgan fingerprint density at radius 1 is 0.895 bits per heavy atom. The first kappa shape index (κ1) is 25.3. The van der Waals surface area contributed by atoms with E-state index in [0.29, 0.717) is 36.1 Å². The standard InChI is InChI=1S/C29H28N2O7/c1-3-16-37-22-15-12-19(17-23(22)36-4-2)25-24-26(38-31(25)21-8-6-5-7-9-21)28(33)30(27(24)32)20-13-10-18(11-14-20)29(34)35/h5-15,17,24-26H,3-4,16H2,1-2H3,(H,34,35)/t24-,25+,26-/m0/s1.